The summed E-state index contributed by atoms with van der Waals surface area (Å²) >= 11 is 3.21. The van der Waals surface area contributed by atoms with Crippen molar-refractivity contribution >= 4 is 21.9 Å². The number of oxazole rings is 1. The third-order valence-electron chi connectivity index (χ3n) is 1.77. The van der Waals surface area contributed by atoms with Gasteiger partial charge in [-0.2, -0.15) is 4.98 Å². The monoisotopic (exact) mass is 254 g/mol. The van der Waals surface area contributed by atoms with Crippen LogP contribution in [0.2, 0.25) is 0 Å². The van der Waals surface area contributed by atoms with Crippen molar-refractivity contribution in [2.45, 2.75) is 0 Å². The van der Waals surface area contributed by atoms with Crippen LogP contribution in [0.4, 0.5) is 6.01 Å². The number of anilines is 1. The van der Waals surface area contributed by atoms with Crippen molar-refractivity contribution in [3.63, 3.8) is 0 Å². The van der Waals surface area contributed by atoms with E-state index in [1.807, 2.05) is 0 Å². The summed E-state index contributed by atoms with van der Waals surface area (Å²) in [6.45, 7) is 0. The van der Waals surface area contributed by atoms with Crippen LogP contribution in [0.3, 0.4) is 0 Å². The Labute approximate surface area is 88.5 Å². The molecule has 0 fully saturated rings. The molecule has 0 bridgehead atoms. The van der Waals surface area contributed by atoms with Gasteiger partial charge in [0, 0.05) is 5.56 Å². The molecule has 14 heavy (non-hydrogen) atoms. The first kappa shape index (κ1) is 9.08. The Bertz CT molecular complexity index is 468. The van der Waals surface area contributed by atoms with Gasteiger partial charge in [-0.05, 0) is 34.1 Å². The molecule has 1 aromatic heterocycles. The van der Waals surface area contributed by atoms with Crippen molar-refractivity contribution in [1.82, 2.24) is 4.98 Å². The van der Waals surface area contributed by atoms with Gasteiger partial charge in [0.25, 0.3) is 6.01 Å². The number of halogens is 1. The van der Waals surface area contributed by atoms with Crippen molar-refractivity contribution in [2.24, 2.45) is 0 Å². The van der Waals surface area contributed by atoms with E-state index in [4.69, 9.17) is 10.2 Å². The second-order valence-electron chi connectivity index (χ2n) is 2.74. The third-order valence-corrected chi connectivity index (χ3v) is 2.40. The molecular formula is C9H7BrN2O2. The molecule has 72 valence electrons. The van der Waals surface area contributed by atoms with Crippen LogP contribution in [0.25, 0.3) is 11.3 Å². The lowest BCUT2D eigenvalue weighted by atomic mass is 10.2. The number of phenols is 1. The van der Waals surface area contributed by atoms with Crippen LogP contribution in [-0.2, 0) is 0 Å². The number of hydrogen-bond donors (Lipinski definition) is 2. The van der Waals surface area contributed by atoms with E-state index >= 15 is 0 Å². The molecule has 0 unspecified atom stereocenters. The molecule has 0 aliphatic carbocycles. The summed E-state index contributed by atoms with van der Waals surface area (Å²) in [7, 11) is 0. The van der Waals surface area contributed by atoms with Gasteiger partial charge in [0.15, 0.2) is 0 Å². The molecule has 0 saturated carbocycles. The standard InChI is InChI=1S/C9H7BrN2O2/c10-6-3-5(1-2-8(6)13)7-4-14-9(11)12-7/h1-4,13H,(H2,11,12). The van der Waals surface area contributed by atoms with Gasteiger partial charge in [-0.1, -0.05) is 0 Å². The highest BCUT2D eigenvalue weighted by Gasteiger charge is 2.05. The molecule has 1 aromatic carbocycles. The zero-order valence-corrected chi connectivity index (χ0v) is 8.65. The molecule has 4 nitrogen and oxygen atoms in total. The molecule has 0 aliphatic rings. The highest BCUT2D eigenvalue weighted by atomic mass is 79.9. The number of nitrogens with two attached hydrogens (primary N) is 1. The zero-order chi connectivity index (χ0) is 10.1. The van der Waals surface area contributed by atoms with Crippen molar-refractivity contribution in [2.75, 3.05) is 5.73 Å². The second kappa shape index (κ2) is 3.34. The number of nitrogen functional groups attached to an aromatic ring is 1. The fourth-order valence-corrected chi connectivity index (χ4v) is 1.47. The van der Waals surface area contributed by atoms with Crippen molar-refractivity contribution in [3.05, 3.63) is 28.9 Å². The first-order valence-electron chi connectivity index (χ1n) is 3.87. The van der Waals surface area contributed by atoms with Gasteiger partial charge < -0.3 is 15.3 Å². The number of nitrogens with zero attached hydrogens (tertiary/aromatic N) is 1. The normalized spacial score (nSPS) is 10.4. The minimum atomic E-state index is 0.129. The Morgan fingerprint density at radius 1 is 1.43 bits per heavy atom. The van der Waals surface area contributed by atoms with E-state index in [0.29, 0.717) is 10.2 Å². The highest BCUT2D eigenvalue weighted by molar-refractivity contribution is 9.10. The average Bonchev–Trinajstić information content (AvgIpc) is 2.57. The molecule has 1 heterocycles. The van der Waals surface area contributed by atoms with E-state index in [1.54, 1.807) is 18.2 Å². The van der Waals surface area contributed by atoms with Gasteiger partial charge in [-0.3, -0.25) is 0 Å². The van der Waals surface area contributed by atoms with E-state index < -0.39 is 0 Å². The summed E-state index contributed by atoms with van der Waals surface area (Å²) < 4.78 is 5.49. The Kier molecular flexibility index (Phi) is 2.17. The summed E-state index contributed by atoms with van der Waals surface area (Å²) in [6.07, 6.45) is 1.47. The first-order valence-corrected chi connectivity index (χ1v) is 4.66. The van der Waals surface area contributed by atoms with Crippen molar-refractivity contribution < 1.29 is 9.52 Å². The molecule has 0 aliphatic heterocycles. The van der Waals surface area contributed by atoms with E-state index in [9.17, 15) is 5.11 Å². The number of aromatic nitrogens is 1. The molecule has 0 amide bonds. The zero-order valence-electron chi connectivity index (χ0n) is 7.07. The Hall–Kier alpha value is -1.49. The lowest BCUT2D eigenvalue weighted by Gasteiger charge is -1.98. The number of hydrogen-bond acceptors (Lipinski definition) is 4. The quantitative estimate of drug-likeness (QED) is 0.820. The predicted octanol–water partition coefficient (Wildman–Crippen LogP) is 2.39. The van der Waals surface area contributed by atoms with Gasteiger partial charge in [0.05, 0.1) is 4.47 Å². The Morgan fingerprint density at radius 2 is 2.21 bits per heavy atom. The van der Waals surface area contributed by atoms with Crippen LogP contribution < -0.4 is 5.73 Å². The molecule has 0 radical (unpaired) electrons. The summed E-state index contributed by atoms with van der Waals surface area (Å²) in [5.74, 6) is 0.185. The summed E-state index contributed by atoms with van der Waals surface area (Å²) in [4.78, 5) is 3.96. The van der Waals surface area contributed by atoms with Crippen LogP contribution in [0.1, 0.15) is 0 Å². The van der Waals surface area contributed by atoms with Crippen LogP contribution in [0.5, 0.6) is 5.75 Å². The topological polar surface area (TPSA) is 72.3 Å². The second-order valence-corrected chi connectivity index (χ2v) is 3.59. The van der Waals surface area contributed by atoms with Crippen molar-refractivity contribution in [1.29, 1.82) is 0 Å². The molecule has 2 rings (SSSR count). The maximum Gasteiger partial charge on any atom is 0.292 e. The fourth-order valence-electron chi connectivity index (χ4n) is 1.09. The Morgan fingerprint density at radius 3 is 2.79 bits per heavy atom. The SMILES string of the molecule is Nc1nc(-c2ccc(O)c(Br)c2)co1. The molecule has 3 N–H and O–H groups in total. The lowest BCUT2D eigenvalue weighted by Crippen LogP contribution is -1.83. The Balaban J connectivity index is 2.47. The van der Waals surface area contributed by atoms with Gasteiger partial charge in [0.2, 0.25) is 0 Å². The number of aromatic hydroxyl groups is 1. The van der Waals surface area contributed by atoms with Gasteiger partial charge in [-0.25, -0.2) is 0 Å². The van der Waals surface area contributed by atoms with E-state index in [1.165, 1.54) is 6.26 Å². The number of phenolic OH excluding ortho intramolecular Hbond substituents is 1. The summed E-state index contributed by atoms with van der Waals surface area (Å²) in [5.41, 5.74) is 6.82. The minimum Gasteiger partial charge on any atom is -0.507 e. The van der Waals surface area contributed by atoms with E-state index in [2.05, 4.69) is 20.9 Å². The van der Waals surface area contributed by atoms with Crippen molar-refractivity contribution in [3.8, 4) is 17.0 Å². The average molecular weight is 255 g/mol. The van der Waals surface area contributed by atoms with E-state index in [0.717, 1.165) is 5.56 Å². The minimum absolute atomic E-state index is 0.129. The lowest BCUT2D eigenvalue weighted by molar-refractivity contribution is 0.472. The molecule has 2 aromatic rings. The largest absolute Gasteiger partial charge is 0.507 e. The summed E-state index contributed by atoms with van der Waals surface area (Å²) in [6, 6.07) is 5.18. The summed E-state index contributed by atoms with van der Waals surface area (Å²) in [5, 5.41) is 9.28. The maximum absolute atomic E-state index is 9.28. The van der Waals surface area contributed by atoms with Crippen LogP contribution >= 0.6 is 15.9 Å². The van der Waals surface area contributed by atoms with Gasteiger partial charge in [0.1, 0.15) is 17.7 Å². The fraction of sp³-hybridized carbons (Fsp3) is 0. The predicted molar refractivity (Wildman–Crippen MR) is 55.7 cm³/mol. The van der Waals surface area contributed by atoms with Crippen LogP contribution in [-0.4, -0.2) is 10.1 Å². The number of rotatable bonds is 1. The molecule has 0 saturated heterocycles. The molecular weight excluding hydrogens is 248 g/mol. The first-order chi connectivity index (χ1) is 6.66. The molecule has 5 heteroatoms. The maximum atomic E-state index is 9.28. The van der Waals surface area contributed by atoms with Crippen LogP contribution in [0, 0.1) is 0 Å². The highest BCUT2D eigenvalue weighted by Crippen LogP contribution is 2.29. The van der Waals surface area contributed by atoms with Crippen LogP contribution in [0.15, 0.2) is 33.4 Å². The van der Waals surface area contributed by atoms with Gasteiger partial charge in [-0.15, -0.1) is 0 Å². The molecule has 0 atom stereocenters. The smallest absolute Gasteiger partial charge is 0.292 e. The van der Waals surface area contributed by atoms with E-state index in [-0.39, 0.29) is 11.8 Å². The van der Waals surface area contributed by atoms with Gasteiger partial charge >= 0.3 is 0 Å². The third kappa shape index (κ3) is 1.58. The molecule has 0 spiro atoms. The number of benzene rings is 1.